The zero-order valence-electron chi connectivity index (χ0n) is 21.7. The molecule has 4 amide bonds. The van der Waals surface area contributed by atoms with Crippen LogP contribution in [0, 0.1) is 12.8 Å². The minimum absolute atomic E-state index is 0.103. The number of carbonyl (C=O) groups excluding carboxylic acids is 4. The zero-order valence-corrected chi connectivity index (χ0v) is 21.7. The molecule has 2 aliphatic heterocycles. The second-order valence-corrected chi connectivity index (χ2v) is 10.7. The smallest absolute Gasteiger partial charge is 0.262 e. The predicted octanol–water partition coefficient (Wildman–Crippen LogP) is 3.50. The number of amides is 4. The molecule has 39 heavy (non-hydrogen) atoms. The summed E-state index contributed by atoms with van der Waals surface area (Å²) in [6.07, 6.45) is 10.4. The van der Waals surface area contributed by atoms with Gasteiger partial charge < -0.3 is 5.32 Å². The van der Waals surface area contributed by atoms with E-state index in [0.29, 0.717) is 12.0 Å². The van der Waals surface area contributed by atoms with E-state index in [1.807, 2.05) is 25.4 Å². The summed E-state index contributed by atoms with van der Waals surface area (Å²) in [5.41, 5.74) is 4.46. The Labute approximate surface area is 225 Å². The molecular formula is C29H30N6O4. The fourth-order valence-corrected chi connectivity index (χ4v) is 5.67. The van der Waals surface area contributed by atoms with Gasteiger partial charge in [-0.3, -0.25) is 39.1 Å². The molecule has 1 saturated heterocycles. The summed E-state index contributed by atoms with van der Waals surface area (Å²) in [5.74, 6) is -1.32. The maximum absolute atomic E-state index is 13.0. The van der Waals surface area contributed by atoms with Crippen molar-refractivity contribution in [1.29, 1.82) is 0 Å². The summed E-state index contributed by atoms with van der Waals surface area (Å²) in [4.78, 5) is 55.0. The second-order valence-electron chi connectivity index (χ2n) is 10.7. The maximum Gasteiger partial charge on any atom is 0.262 e. The third-order valence-electron chi connectivity index (χ3n) is 7.95. The molecule has 2 N–H and O–H groups in total. The van der Waals surface area contributed by atoms with Gasteiger partial charge in [0.05, 0.1) is 29.1 Å². The molecular weight excluding hydrogens is 496 g/mol. The Bertz CT molecular complexity index is 1460. The number of aryl methyl sites for hydroxylation is 1. The molecule has 200 valence electrons. The highest BCUT2D eigenvalue weighted by Gasteiger charge is 2.44. The number of rotatable bonds is 8. The van der Waals surface area contributed by atoms with Crippen LogP contribution in [0.4, 0.5) is 5.69 Å². The topological polar surface area (TPSA) is 126 Å². The van der Waals surface area contributed by atoms with Gasteiger partial charge in [0.1, 0.15) is 6.04 Å². The molecule has 0 radical (unpaired) electrons. The van der Waals surface area contributed by atoms with Crippen molar-refractivity contribution >= 4 is 29.3 Å². The van der Waals surface area contributed by atoms with Crippen molar-refractivity contribution in [3.8, 4) is 11.3 Å². The van der Waals surface area contributed by atoms with Crippen molar-refractivity contribution in [2.45, 2.75) is 57.5 Å². The van der Waals surface area contributed by atoms with Crippen LogP contribution in [0.2, 0.25) is 0 Å². The van der Waals surface area contributed by atoms with Gasteiger partial charge in [-0.2, -0.15) is 5.10 Å². The lowest BCUT2D eigenvalue weighted by Crippen LogP contribution is -2.54. The Kier molecular flexibility index (Phi) is 6.46. The van der Waals surface area contributed by atoms with Crippen LogP contribution < -0.4 is 10.6 Å². The fraction of sp³-hybridized carbons (Fsp3) is 0.379. The van der Waals surface area contributed by atoms with Gasteiger partial charge in [0.25, 0.3) is 11.8 Å². The summed E-state index contributed by atoms with van der Waals surface area (Å²) >= 11 is 0. The van der Waals surface area contributed by atoms with E-state index in [4.69, 9.17) is 0 Å². The van der Waals surface area contributed by atoms with E-state index in [1.54, 1.807) is 18.2 Å². The normalized spacial score (nSPS) is 22.5. The molecule has 3 aromatic rings. The van der Waals surface area contributed by atoms with E-state index in [1.165, 1.54) is 0 Å². The second kappa shape index (κ2) is 10.1. The third kappa shape index (κ3) is 4.82. The summed E-state index contributed by atoms with van der Waals surface area (Å²) in [6.45, 7) is 2.78. The summed E-state index contributed by atoms with van der Waals surface area (Å²) in [6, 6.07) is 8.65. The highest BCUT2D eigenvalue weighted by Crippen LogP contribution is 2.40. The molecule has 2 aromatic heterocycles. The number of aromatic nitrogens is 3. The average Bonchev–Trinajstić information content (AvgIpc) is 3.47. The van der Waals surface area contributed by atoms with Crippen molar-refractivity contribution in [1.82, 2.24) is 25.0 Å². The highest BCUT2D eigenvalue weighted by molar-refractivity contribution is 6.23. The molecule has 1 atom stereocenters. The average molecular weight is 527 g/mol. The molecule has 4 heterocycles. The molecule has 1 unspecified atom stereocenters. The van der Waals surface area contributed by atoms with Crippen LogP contribution in [0.15, 0.2) is 48.9 Å². The van der Waals surface area contributed by atoms with Crippen molar-refractivity contribution in [2.75, 3.05) is 11.9 Å². The van der Waals surface area contributed by atoms with Gasteiger partial charge in [-0.25, -0.2) is 0 Å². The Morgan fingerprint density at radius 2 is 1.85 bits per heavy atom. The van der Waals surface area contributed by atoms with Gasteiger partial charge in [0, 0.05) is 36.6 Å². The van der Waals surface area contributed by atoms with Crippen LogP contribution in [0.5, 0.6) is 0 Å². The van der Waals surface area contributed by atoms with Gasteiger partial charge in [-0.1, -0.05) is 6.07 Å². The number of hydrogen-bond donors (Lipinski definition) is 2. The number of nitrogens with zero attached hydrogens (tertiary/aromatic N) is 4. The zero-order chi connectivity index (χ0) is 27.1. The molecule has 10 heteroatoms. The van der Waals surface area contributed by atoms with E-state index in [-0.39, 0.29) is 29.9 Å². The number of nitrogens with one attached hydrogen (secondary N) is 2. The van der Waals surface area contributed by atoms with E-state index in [0.717, 1.165) is 59.6 Å². The number of pyridine rings is 1. The standard InChI is InChI=1S/C29H30N6O4/c1-17-4-7-24(31-14-17)19-15-32-34(16-19)21-11-18(12-21)3-2-10-30-20-5-6-22-23(13-20)29(39)35(28(22)38)25-8-9-26(36)33-27(25)37/h4-7,13-16,18,21,25,30H,2-3,8-12H2,1H3,(H,33,36,37). The molecule has 3 aliphatic rings. The van der Waals surface area contributed by atoms with Crippen LogP contribution in [-0.2, 0) is 9.59 Å². The summed E-state index contributed by atoms with van der Waals surface area (Å²) in [5, 5.41) is 10.1. The summed E-state index contributed by atoms with van der Waals surface area (Å²) < 4.78 is 2.06. The van der Waals surface area contributed by atoms with Gasteiger partial charge in [0.15, 0.2) is 0 Å². The van der Waals surface area contributed by atoms with Gasteiger partial charge >= 0.3 is 0 Å². The SMILES string of the molecule is Cc1ccc(-c2cnn(C3CC(CCCNc4ccc5c(c4)C(=O)N(C4CCC(=O)NC4=O)C5=O)C3)c2)nc1. The van der Waals surface area contributed by atoms with Crippen LogP contribution in [0.25, 0.3) is 11.3 Å². The number of benzene rings is 1. The van der Waals surface area contributed by atoms with E-state index in [9.17, 15) is 19.2 Å². The molecule has 1 saturated carbocycles. The number of piperidine rings is 1. The quantitative estimate of drug-likeness (QED) is 0.340. The van der Waals surface area contributed by atoms with Gasteiger partial charge in [-0.05, 0) is 74.8 Å². The molecule has 6 rings (SSSR count). The first-order chi connectivity index (χ1) is 18.9. The molecule has 0 spiro atoms. The first-order valence-corrected chi connectivity index (χ1v) is 13.4. The van der Waals surface area contributed by atoms with Crippen LogP contribution in [0.3, 0.4) is 0 Å². The Balaban J connectivity index is 0.972. The first kappa shape index (κ1) is 25.0. The van der Waals surface area contributed by atoms with E-state index in [2.05, 4.69) is 37.7 Å². The monoisotopic (exact) mass is 526 g/mol. The Morgan fingerprint density at radius 1 is 1.03 bits per heavy atom. The van der Waals surface area contributed by atoms with Crippen LogP contribution in [-0.4, -0.2) is 55.9 Å². The number of carbonyl (C=O) groups is 4. The lowest BCUT2D eigenvalue weighted by molar-refractivity contribution is -0.136. The lowest BCUT2D eigenvalue weighted by Gasteiger charge is -2.35. The highest BCUT2D eigenvalue weighted by atomic mass is 16.2. The molecule has 0 bridgehead atoms. The van der Waals surface area contributed by atoms with Crippen molar-refractivity contribution in [2.24, 2.45) is 5.92 Å². The van der Waals surface area contributed by atoms with Gasteiger partial charge in [-0.15, -0.1) is 0 Å². The van der Waals surface area contributed by atoms with Crippen LogP contribution in [0.1, 0.15) is 70.8 Å². The van der Waals surface area contributed by atoms with E-state index >= 15 is 0 Å². The third-order valence-corrected chi connectivity index (χ3v) is 7.95. The van der Waals surface area contributed by atoms with Crippen LogP contribution >= 0.6 is 0 Å². The molecule has 10 nitrogen and oxygen atoms in total. The van der Waals surface area contributed by atoms with E-state index < -0.39 is 23.8 Å². The molecule has 1 aromatic carbocycles. The largest absolute Gasteiger partial charge is 0.385 e. The van der Waals surface area contributed by atoms with Crippen molar-refractivity contribution in [3.05, 3.63) is 65.6 Å². The number of hydrogen-bond acceptors (Lipinski definition) is 7. The predicted molar refractivity (Wildman–Crippen MR) is 143 cm³/mol. The molecule has 2 fully saturated rings. The Hall–Kier alpha value is -4.34. The van der Waals surface area contributed by atoms with Crippen molar-refractivity contribution < 1.29 is 19.2 Å². The number of imide groups is 2. The first-order valence-electron chi connectivity index (χ1n) is 13.4. The number of anilines is 1. The fourth-order valence-electron chi connectivity index (χ4n) is 5.67. The summed E-state index contributed by atoms with van der Waals surface area (Å²) in [7, 11) is 0. The maximum atomic E-state index is 13.0. The van der Waals surface area contributed by atoms with Gasteiger partial charge in [0.2, 0.25) is 11.8 Å². The lowest BCUT2D eigenvalue weighted by atomic mass is 9.77. The molecule has 1 aliphatic carbocycles. The minimum atomic E-state index is -0.953. The Morgan fingerprint density at radius 3 is 2.62 bits per heavy atom. The minimum Gasteiger partial charge on any atom is -0.385 e. The van der Waals surface area contributed by atoms with Crippen molar-refractivity contribution in [3.63, 3.8) is 0 Å². The number of fused-ring (bicyclic) bond motifs is 1.